The lowest BCUT2D eigenvalue weighted by Crippen LogP contribution is -1.80. The summed E-state index contributed by atoms with van der Waals surface area (Å²) in [5.74, 6) is 0. The minimum absolute atomic E-state index is 1.01. The first-order valence-corrected chi connectivity index (χ1v) is 3.99. The van der Waals surface area contributed by atoms with Crippen molar-refractivity contribution in [3.8, 4) is 0 Å². The van der Waals surface area contributed by atoms with Crippen molar-refractivity contribution < 1.29 is 0 Å². The number of hydrogen-bond donors (Lipinski definition) is 0. The van der Waals surface area contributed by atoms with Gasteiger partial charge in [0.15, 0.2) is 0 Å². The smallest absolute Gasteiger partial charge is 0.0924 e. The molecule has 0 aliphatic heterocycles. The Morgan fingerprint density at radius 3 is 3.11 bits per heavy atom. The maximum absolute atomic E-state index is 4.14. The average Bonchev–Trinajstić information content (AvgIpc) is 2.34. The summed E-state index contributed by atoms with van der Waals surface area (Å²) in [6.07, 6.45) is 5.12. The van der Waals surface area contributed by atoms with Crippen molar-refractivity contribution in [2.45, 2.75) is 19.3 Å². The molecular weight excluding hydrogens is 130 g/mol. The molecule has 0 spiro atoms. The Bertz CT molecular complexity index is 146. The van der Waals surface area contributed by atoms with Crippen LogP contribution in [0.15, 0.2) is 11.6 Å². The van der Waals surface area contributed by atoms with Gasteiger partial charge in [-0.2, -0.15) is 0 Å². The highest BCUT2D eigenvalue weighted by Crippen LogP contribution is 2.07. The zero-order valence-corrected chi connectivity index (χ0v) is 6.16. The lowest BCUT2D eigenvalue weighted by molar-refractivity contribution is 0.833. The highest BCUT2D eigenvalue weighted by molar-refractivity contribution is 7.09. The second kappa shape index (κ2) is 3.62. The Labute approximate surface area is 59.8 Å². The molecule has 0 aliphatic carbocycles. The van der Waals surface area contributed by atoms with E-state index in [1.807, 2.05) is 11.6 Å². The molecule has 49 valence electrons. The maximum Gasteiger partial charge on any atom is 0.0924 e. The second-order valence-electron chi connectivity index (χ2n) is 1.88. The highest BCUT2D eigenvalue weighted by atomic mass is 32.1. The standard InChI is InChI=1S/C7H10NS/c1-2-3-4-7-8-5-6-9-7/h5-6H,1-4H2. The summed E-state index contributed by atoms with van der Waals surface area (Å²) >= 11 is 1.72. The van der Waals surface area contributed by atoms with Crippen molar-refractivity contribution in [2.24, 2.45) is 0 Å². The van der Waals surface area contributed by atoms with Crippen LogP contribution < -0.4 is 0 Å². The Morgan fingerprint density at radius 1 is 1.67 bits per heavy atom. The quantitative estimate of drug-likeness (QED) is 0.627. The van der Waals surface area contributed by atoms with Gasteiger partial charge in [-0.3, -0.25) is 0 Å². The number of hydrogen-bond acceptors (Lipinski definition) is 2. The molecule has 0 atom stereocenters. The van der Waals surface area contributed by atoms with Crippen LogP contribution in [0.3, 0.4) is 0 Å². The fourth-order valence-electron chi connectivity index (χ4n) is 0.653. The summed E-state index contributed by atoms with van der Waals surface area (Å²) in [7, 11) is 0. The number of unbranched alkanes of at least 4 members (excludes halogenated alkanes) is 1. The van der Waals surface area contributed by atoms with E-state index in [2.05, 4.69) is 11.9 Å². The third-order valence-electron chi connectivity index (χ3n) is 1.12. The molecule has 0 bridgehead atoms. The first-order chi connectivity index (χ1) is 4.43. The molecule has 2 heteroatoms. The molecule has 0 aliphatic rings. The molecule has 0 fully saturated rings. The molecular formula is C7H10NS. The molecule has 0 amide bonds. The van der Waals surface area contributed by atoms with Gasteiger partial charge in [-0.05, 0) is 12.8 Å². The fraction of sp³-hybridized carbons (Fsp3) is 0.429. The van der Waals surface area contributed by atoms with Crippen LogP contribution in [0, 0.1) is 6.92 Å². The monoisotopic (exact) mass is 140 g/mol. The number of thiazole rings is 1. The predicted octanol–water partition coefficient (Wildman–Crippen LogP) is 2.30. The van der Waals surface area contributed by atoms with Gasteiger partial charge in [0.05, 0.1) is 5.01 Å². The van der Waals surface area contributed by atoms with E-state index in [0.717, 1.165) is 19.3 Å². The minimum Gasteiger partial charge on any atom is -0.250 e. The molecule has 1 nitrogen and oxygen atoms in total. The molecule has 1 rings (SSSR count). The second-order valence-corrected chi connectivity index (χ2v) is 2.86. The molecule has 0 saturated heterocycles. The molecule has 9 heavy (non-hydrogen) atoms. The number of rotatable bonds is 3. The van der Waals surface area contributed by atoms with Crippen molar-refractivity contribution in [2.75, 3.05) is 0 Å². The van der Waals surface area contributed by atoms with E-state index in [9.17, 15) is 0 Å². The van der Waals surface area contributed by atoms with Gasteiger partial charge < -0.3 is 0 Å². The third-order valence-corrected chi connectivity index (χ3v) is 1.96. The van der Waals surface area contributed by atoms with Crippen molar-refractivity contribution in [1.82, 2.24) is 4.98 Å². The van der Waals surface area contributed by atoms with Crippen molar-refractivity contribution in [1.29, 1.82) is 0 Å². The van der Waals surface area contributed by atoms with Crippen LogP contribution in [-0.2, 0) is 6.42 Å². The summed E-state index contributed by atoms with van der Waals surface area (Å²) < 4.78 is 0. The Morgan fingerprint density at radius 2 is 2.56 bits per heavy atom. The van der Waals surface area contributed by atoms with Gasteiger partial charge in [-0.1, -0.05) is 13.3 Å². The Kier molecular flexibility index (Phi) is 2.71. The van der Waals surface area contributed by atoms with E-state index in [1.165, 1.54) is 5.01 Å². The van der Waals surface area contributed by atoms with Crippen molar-refractivity contribution in [3.63, 3.8) is 0 Å². The van der Waals surface area contributed by atoms with Crippen molar-refractivity contribution in [3.05, 3.63) is 23.5 Å². The van der Waals surface area contributed by atoms with Crippen LogP contribution >= 0.6 is 11.3 Å². The largest absolute Gasteiger partial charge is 0.250 e. The molecule has 1 aromatic heterocycles. The Balaban J connectivity index is 2.30. The summed E-state index contributed by atoms with van der Waals surface area (Å²) in [4.78, 5) is 4.14. The van der Waals surface area contributed by atoms with E-state index in [4.69, 9.17) is 0 Å². The zero-order valence-electron chi connectivity index (χ0n) is 5.34. The topological polar surface area (TPSA) is 12.9 Å². The molecule has 0 unspecified atom stereocenters. The molecule has 1 heterocycles. The molecule has 0 aromatic carbocycles. The van der Waals surface area contributed by atoms with Crippen LogP contribution in [0.5, 0.6) is 0 Å². The SMILES string of the molecule is [CH2]CCCc1nccs1. The maximum atomic E-state index is 4.14. The van der Waals surface area contributed by atoms with Gasteiger partial charge in [0, 0.05) is 11.6 Å². The van der Waals surface area contributed by atoms with Gasteiger partial charge in [0.1, 0.15) is 0 Å². The predicted molar refractivity (Wildman–Crippen MR) is 40.4 cm³/mol. The van der Waals surface area contributed by atoms with Crippen molar-refractivity contribution >= 4 is 11.3 Å². The normalized spacial score (nSPS) is 9.89. The zero-order chi connectivity index (χ0) is 6.53. The van der Waals surface area contributed by atoms with E-state index < -0.39 is 0 Å². The third kappa shape index (κ3) is 2.14. The highest BCUT2D eigenvalue weighted by Gasteiger charge is 1.91. The van der Waals surface area contributed by atoms with Gasteiger partial charge in [-0.25, -0.2) is 4.98 Å². The van der Waals surface area contributed by atoms with Crippen LogP contribution in [0.1, 0.15) is 17.8 Å². The average molecular weight is 140 g/mol. The molecule has 1 aromatic rings. The van der Waals surface area contributed by atoms with E-state index in [0.29, 0.717) is 0 Å². The van der Waals surface area contributed by atoms with Gasteiger partial charge >= 0.3 is 0 Å². The first-order valence-electron chi connectivity index (χ1n) is 3.11. The number of nitrogens with zero attached hydrogens (tertiary/aromatic N) is 1. The van der Waals surface area contributed by atoms with Crippen LogP contribution in [0.25, 0.3) is 0 Å². The Hall–Kier alpha value is -0.370. The van der Waals surface area contributed by atoms with E-state index >= 15 is 0 Å². The van der Waals surface area contributed by atoms with Crippen LogP contribution in [-0.4, -0.2) is 4.98 Å². The molecule has 0 N–H and O–H groups in total. The summed E-state index contributed by atoms with van der Waals surface area (Å²) in [6.45, 7) is 3.76. The van der Waals surface area contributed by atoms with E-state index in [-0.39, 0.29) is 0 Å². The van der Waals surface area contributed by atoms with Crippen LogP contribution in [0.4, 0.5) is 0 Å². The summed E-state index contributed by atoms with van der Waals surface area (Å²) in [5.41, 5.74) is 0. The number of aryl methyl sites for hydroxylation is 1. The lowest BCUT2D eigenvalue weighted by atomic mass is 10.3. The summed E-state index contributed by atoms with van der Waals surface area (Å²) in [5, 5.41) is 3.25. The van der Waals surface area contributed by atoms with Gasteiger partial charge in [0.25, 0.3) is 0 Å². The van der Waals surface area contributed by atoms with Gasteiger partial charge in [-0.15, -0.1) is 11.3 Å². The molecule has 1 radical (unpaired) electrons. The molecule has 0 saturated carbocycles. The number of aromatic nitrogens is 1. The van der Waals surface area contributed by atoms with Gasteiger partial charge in [0.2, 0.25) is 0 Å². The first kappa shape index (κ1) is 6.75. The fourth-order valence-corrected chi connectivity index (χ4v) is 1.32. The lowest BCUT2D eigenvalue weighted by Gasteiger charge is -1.89. The minimum atomic E-state index is 1.01. The van der Waals surface area contributed by atoms with E-state index in [1.54, 1.807) is 11.3 Å². The summed E-state index contributed by atoms with van der Waals surface area (Å²) in [6, 6.07) is 0. The van der Waals surface area contributed by atoms with Crippen LogP contribution in [0.2, 0.25) is 0 Å².